The highest BCUT2D eigenvalue weighted by molar-refractivity contribution is 5.92. The van der Waals surface area contributed by atoms with Gasteiger partial charge in [-0.3, -0.25) is 9.59 Å². The van der Waals surface area contributed by atoms with Crippen LogP contribution < -0.4 is 5.32 Å². The van der Waals surface area contributed by atoms with Crippen molar-refractivity contribution >= 4 is 11.9 Å². The van der Waals surface area contributed by atoms with Crippen molar-refractivity contribution in [1.82, 2.24) is 5.32 Å². The van der Waals surface area contributed by atoms with Crippen LogP contribution in [0.5, 0.6) is 0 Å². The quantitative estimate of drug-likeness (QED) is 0.441. The number of rotatable bonds is 5. The first-order valence-corrected chi connectivity index (χ1v) is 5.36. The molecule has 4 nitrogen and oxygen atoms in total. The van der Waals surface area contributed by atoms with Gasteiger partial charge in [-0.1, -0.05) is 6.58 Å². The van der Waals surface area contributed by atoms with Crippen LogP contribution in [0.1, 0.15) is 34.1 Å². The Labute approximate surface area is 97.1 Å². The minimum absolute atomic E-state index is 0.165. The van der Waals surface area contributed by atoms with Crippen LogP contribution >= 0.6 is 0 Å². The summed E-state index contributed by atoms with van der Waals surface area (Å²) in [5.74, 6) is -0.388. The molecule has 0 aromatic heterocycles. The Kier molecular flexibility index (Phi) is 5.78. The second-order valence-corrected chi connectivity index (χ2v) is 4.78. The van der Waals surface area contributed by atoms with Gasteiger partial charge in [0.2, 0.25) is 5.91 Å². The Morgan fingerprint density at radius 3 is 2.31 bits per heavy atom. The summed E-state index contributed by atoms with van der Waals surface area (Å²) < 4.78 is 5.04. The van der Waals surface area contributed by atoms with E-state index in [0.29, 0.717) is 25.1 Å². The lowest BCUT2D eigenvalue weighted by molar-refractivity contribution is -0.152. The van der Waals surface area contributed by atoms with E-state index in [1.54, 1.807) is 27.7 Å². The van der Waals surface area contributed by atoms with Gasteiger partial charge in [0, 0.05) is 12.1 Å². The molecule has 0 aliphatic heterocycles. The highest BCUT2D eigenvalue weighted by atomic mass is 16.5. The van der Waals surface area contributed by atoms with Gasteiger partial charge in [0.05, 0.1) is 12.0 Å². The number of esters is 1. The molecule has 0 bridgehead atoms. The van der Waals surface area contributed by atoms with Crippen LogP contribution in [-0.2, 0) is 14.3 Å². The maximum absolute atomic E-state index is 11.3. The van der Waals surface area contributed by atoms with E-state index in [9.17, 15) is 9.59 Å². The molecule has 0 fully saturated rings. The highest BCUT2D eigenvalue weighted by Crippen LogP contribution is 2.14. The van der Waals surface area contributed by atoms with Crippen molar-refractivity contribution < 1.29 is 14.3 Å². The zero-order valence-corrected chi connectivity index (χ0v) is 10.6. The van der Waals surface area contributed by atoms with Crippen LogP contribution in [0.4, 0.5) is 0 Å². The highest BCUT2D eigenvalue weighted by Gasteiger charge is 2.22. The molecule has 16 heavy (non-hydrogen) atoms. The summed E-state index contributed by atoms with van der Waals surface area (Å²) in [6.45, 7) is 11.4. The van der Waals surface area contributed by atoms with Crippen LogP contribution in [0.3, 0.4) is 0 Å². The van der Waals surface area contributed by atoms with Crippen molar-refractivity contribution in [1.29, 1.82) is 0 Å². The second-order valence-electron chi connectivity index (χ2n) is 4.78. The van der Waals surface area contributed by atoms with Gasteiger partial charge >= 0.3 is 5.97 Å². The fourth-order valence-electron chi connectivity index (χ4n) is 0.806. The normalized spacial score (nSPS) is 10.8. The fourth-order valence-corrected chi connectivity index (χ4v) is 0.806. The van der Waals surface area contributed by atoms with Crippen LogP contribution in [0.2, 0.25) is 0 Å². The molecular weight excluding hydrogens is 206 g/mol. The number of hydrogen-bond acceptors (Lipinski definition) is 3. The monoisotopic (exact) mass is 227 g/mol. The van der Waals surface area contributed by atoms with E-state index in [4.69, 9.17) is 4.74 Å². The lowest BCUT2D eigenvalue weighted by Gasteiger charge is -2.16. The predicted octanol–water partition coefficient (Wildman–Crippen LogP) is 1.66. The molecule has 0 saturated carbocycles. The molecule has 0 rings (SSSR count). The standard InChI is InChI=1S/C12H21NO3/c1-9(2)10(14)13-7-6-8-16-11(15)12(3,4)5/h1,6-8H2,2-5H3,(H,13,14). The molecule has 0 aromatic carbocycles. The summed E-state index contributed by atoms with van der Waals surface area (Å²) in [4.78, 5) is 22.4. The molecule has 4 heteroatoms. The molecule has 1 N–H and O–H groups in total. The Morgan fingerprint density at radius 1 is 1.31 bits per heavy atom. The number of ether oxygens (including phenoxy) is 1. The average Bonchev–Trinajstić information content (AvgIpc) is 2.14. The molecule has 0 heterocycles. The van der Waals surface area contributed by atoms with Crippen LogP contribution in [-0.4, -0.2) is 25.0 Å². The van der Waals surface area contributed by atoms with Gasteiger partial charge in [-0.05, 0) is 34.1 Å². The summed E-state index contributed by atoms with van der Waals surface area (Å²) in [6.07, 6.45) is 0.612. The number of amides is 1. The minimum Gasteiger partial charge on any atom is -0.465 e. The van der Waals surface area contributed by atoms with E-state index in [-0.39, 0.29) is 11.9 Å². The first-order valence-electron chi connectivity index (χ1n) is 5.36. The van der Waals surface area contributed by atoms with Crippen LogP contribution in [0, 0.1) is 5.41 Å². The molecule has 0 radical (unpaired) electrons. The molecule has 1 amide bonds. The van der Waals surface area contributed by atoms with Crippen molar-refractivity contribution in [3.8, 4) is 0 Å². The topological polar surface area (TPSA) is 55.4 Å². The third kappa shape index (κ3) is 6.22. The van der Waals surface area contributed by atoms with Gasteiger partial charge in [0.25, 0.3) is 0 Å². The molecule has 0 unspecified atom stereocenters. The lowest BCUT2D eigenvalue weighted by atomic mass is 9.97. The second kappa shape index (κ2) is 6.30. The number of carbonyl (C=O) groups excluding carboxylic acids is 2. The van der Waals surface area contributed by atoms with Gasteiger partial charge in [-0.2, -0.15) is 0 Å². The van der Waals surface area contributed by atoms with E-state index in [1.807, 2.05) is 0 Å². The molecule has 0 saturated heterocycles. The molecular formula is C12H21NO3. The maximum atomic E-state index is 11.3. The third-order valence-electron chi connectivity index (χ3n) is 1.84. The molecule has 0 spiro atoms. The summed E-state index contributed by atoms with van der Waals surface area (Å²) in [6, 6.07) is 0. The Bertz CT molecular complexity index is 276. The fraction of sp³-hybridized carbons (Fsp3) is 0.667. The summed E-state index contributed by atoms with van der Waals surface area (Å²) in [5, 5.41) is 2.66. The summed E-state index contributed by atoms with van der Waals surface area (Å²) in [7, 11) is 0. The zero-order chi connectivity index (χ0) is 12.8. The number of nitrogens with one attached hydrogen (secondary N) is 1. The van der Waals surface area contributed by atoms with Crippen molar-refractivity contribution in [2.24, 2.45) is 5.41 Å². The van der Waals surface area contributed by atoms with E-state index in [0.717, 1.165) is 0 Å². The SMILES string of the molecule is C=C(C)C(=O)NCCCOC(=O)C(C)(C)C. The first kappa shape index (κ1) is 14.7. The Balaban J connectivity index is 3.59. The molecule has 92 valence electrons. The van der Waals surface area contributed by atoms with Crippen LogP contribution in [0.15, 0.2) is 12.2 Å². The van der Waals surface area contributed by atoms with E-state index < -0.39 is 5.41 Å². The largest absolute Gasteiger partial charge is 0.465 e. The summed E-state index contributed by atoms with van der Waals surface area (Å²) in [5.41, 5.74) is 0.00714. The van der Waals surface area contributed by atoms with Gasteiger partial charge in [-0.25, -0.2) is 0 Å². The zero-order valence-electron chi connectivity index (χ0n) is 10.6. The van der Waals surface area contributed by atoms with Crippen molar-refractivity contribution in [3.63, 3.8) is 0 Å². The van der Waals surface area contributed by atoms with Gasteiger partial charge < -0.3 is 10.1 Å². The van der Waals surface area contributed by atoms with Crippen molar-refractivity contribution in [3.05, 3.63) is 12.2 Å². The van der Waals surface area contributed by atoms with Crippen molar-refractivity contribution in [2.45, 2.75) is 34.1 Å². The Morgan fingerprint density at radius 2 is 1.88 bits per heavy atom. The molecule has 0 aliphatic rings. The summed E-state index contributed by atoms with van der Waals surface area (Å²) >= 11 is 0. The molecule has 0 aliphatic carbocycles. The van der Waals surface area contributed by atoms with E-state index in [2.05, 4.69) is 11.9 Å². The number of carbonyl (C=O) groups is 2. The number of hydrogen-bond donors (Lipinski definition) is 1. The molecule has 0 atom stereocenters. The van der Waals surface area contributed by atoms with E-state index >= 15 is 0 Å². The van der Waals surface area contributed by atoms with Gasteiger partial charge in [-0.15, -0.1) is 0 Å². The first-order chi connectivity index (χ1) is 7.25. The molecule has 0 aromatic rings. The maximum Gasteiger partial charge on any atom is 0.311 e. The smallest absolute Gasteiger partial charge is 0.311 e. The minimum atomic E-state index is -0.471. The predicted molar refractivity (Wildman–Crippen MR) is 62.9 cm³/mol. The Hall–Kier alpha value is -1.32. The van der Waals surface area contributed by atoms with Gasteiger partial charge in [0.15, 0.2) is 0 Å². The average molecular weight is 227 g/mol. The van der Waals surface area contributed by atoms with E-state index in [1.165, 1.54) is 0 Å². The van der Waals surface area contributed by atoms with Crippen molar-refractivity contribution in [2.75, 3.05) is 13.2 Å². The lowest BCUT2D eigenvalue weighted by Crippen LogP contribution is -2.27. The van der Waals surface area contributed by atoms with Crippen LogP contribution in [0.25, 0.3) is 0 Å². The van der Waals surface area contributed by atoms with Gasteiger partial charge in [0.1, 0.15) is 0 Å². The third-order valence-corrected chi connectivity index (χ3v) is 1.84.